The highest BCUT2D eigenvalue weighted by Crippen LogP contribution is 2.19. The molecule has 2 amide bonds. The van der Waals surface area contributed by atoms with E-state index < -0.39 is 0 Å². The Kier molecular flexibility index (Phi) is 7.55. The Hall–Kier alpha value is -3.03. The van der Waals surface area contributed by atoms with Gasteiger partial charge in [0.1, 0.15) is 17.5 Å². The van der Waals surface area contributed by atoms with Crippen LogP contribution in [0.5, 0.6) is 0 Å². The van der Waals surface area contributed by atoms with Crippen LogP contribution in [0.1, 0.15) is 54.5 Å². The molecule has 1 N–H and O–H groups in total. The van der Waals surface area contributed by atoms with E-state index in [1.54, 1.807) is 0 Å². The lowest BCUT2D eigenvalue weighted by Crippen LogP contribution is -2.49. The SMILES string of the molecule is Cc1cc(N2CCN(C(=O)CCCNC(=O)c3ccc(F)cc3)CC2)nc(C(C)C)n1. The van der Waals surface area contributed by atoms with Gasteiger partial charge in [0.25, 0.3) is 5.91 Å². The summed E-state index contributed by atoms with van der Waals surface area (Å²) in [7, 11) is 0. The molecule has 1 aromatic heterocycles. The quantitative estimate of drug-likeness (QED) is 0.688. The topological polar surface area (TPSA) is 78.4 Å². The smallest absolute Gasteiger partial charge is 0.251 e. The van der Waals surface area contributed by atoms with Crippen LogP contribution in [0.3, 0.4) is 0 Å². The number of benzene rings is 1. The second-order valence-electron chi connectivity index (χ2n) is 8.11. The molecule has 1 fully saturated rings. The van der Waals surface area contributed by atoms with Crippen LogP contribution in [-0.2, 0) is 4.79 Å². The summed E-state index contributed by atoms with van der Waals surface area (Å²) >= 11 is 0. The number of hydrogen-bond donors (Lipinski definition) is 1. The molecule has 1 aliphatic rings. The molecule has 0 bridgehead atoms. The summed E-state index contributed by atoms with van der Waals surface area (Å²) in [6.07, 6.45) is 0.947. The van der Waals surface area contributed by atoms with Gasteiger partial charge in [-0.3, -0.25) is 9.59 Å². The van der Waals surface area contributed by atoms with E-state index >= 15 is 0 Å². The summed E-state index contributed by atoms with van der Waals surface area (Å²) in [6, 6.07) is 7.39. The molecular weight excluding hydrogens is 397 g/mol. The van der Waals surface area contributed by atoms with Crippen molar-refractivity contribution in [2.24, 2.45) is 0 Å². The van der Waals surface area contributed by atoms with Gasteiger partial charge in [-0.05, 0) is 37.6 Å². The normalized spacial score (nSPS) is 14.1. The van der Waals surface area contributed by atoms with Gasteiger partial charge in [-0.2, -0.15) is 0 Å². The number of anilines is 1. The van der Waals surface area contributed by atoms with Gasteiger partial charge in [-0.15, -0.1) is 0 Å². The van der Waals surface area contributed by atoms with Crippen molar-refractivity contribution in [3.63, 3.8) is 0 Å². The molecule has 0 atom stereocenters. The number of aryl methyl sites for hydroxylation is 1. The van der Waals surface area contributed by atoms with Crippen molar-refractivity contribution in [2.45, 2.75) is 39.5 Å². The summed E-state index contributed by atoms with van der Waals surface area (Å²) in [6.45, 7) is 9.32. The van der Waals surface area contributed by atoms with E-state index in [0.717, 1.165) is 30.4 Å². The van der Waals surface area contributed by atoms with Crippen molar-refractivity contribution in [3.8, 4) is 0 Å². The zero-order chi connectivity index (χ0) is 22.4. The van der Waals surface area contributed by atoms with E-state index in [1.165, 1.54) is 24.3 Å². The maximum atomic E-state index is 12.9. The summed E-state index contributed by atoms with van der Waals surface area (Å²) in [5.74, 6) is 1.49. The predicted molar refractivity (Wildman–Crippen MR) is 118 cm³/mol. The molecule has 8 heteroatoms. The second-order valence-corrected chi connectivity index (χ2v) is 8.11. The van der Waals surface area contributed by atoms with Crippen molar-refractivity contribution in [1.29, 1.82) is 0 Å². The van der Waals surface area contributed by atoms with E-state index in [9.17, 15) is 14.0 Å². The largest absolute Gasteiger partial charge is 0.353 e. The van der Waals surface area contributed by atoms with Crippen LogP contribution in [0.4, 0.5) is 10.2 Å². The number of halogens is 1. The molecule has 0 unspecified atom stereocenters. The predicted octanol–water partition coefficient (Wildman–Crippen LogP) is 2.91. The van der Waals surface area contributed by atoms with Crippen LogP contribution in [-0.4, -0.2) is 59.4 Å². The Balaban J connectivity index is 1.41. The molecule has 1 saturated heterocycles. The van der Waals surface area contributed by atoms with Crippen LogP contribution in [0.2, 0.25) is 0 Å². The van der Waals surface area contributed by atoms with E-state index in [4.69, 9.17) is 0 Å². The van der Waals surface area contributed by atoms with Crippen molar-refractivity contribution < 1.29 is 14.0 Å². The fraction of sp³-hybridized carbons (Fsp3) is 0.478. The highest BCUT2D eigenvalue weighted by atomic mass is 19.1. The number of carbonyl (C=O) groups excluding carboxylic acids is 2. The van der Waals surface area contributed by atoms with Gasteiger partial charge in [0.05, 0.1) is 0 Å². The van der Waals surface area contributed by atoms with Gasteiger partial charge in [-0.25, -0.2) is 14.4 Å². The maximum Gasteiger partial charge on any atom is 0.251 e. The van der Waals surface area contributed by atoms with Crippen LogP contribution in [0, 0.1) is 12.7 Å². The highest BCUT2D eigenvalue weighted by Gasteiger charge is 2.22. The minimum absolute atomic E-state index is 0.0948. The average Bonchev–Trinajstić information content (AvgIpc) is 2.76. The standard InChI is InChI=1S/C23H30FN5O2/c1-16(2)22-26-17(3)15-20(27-22)28-11-13-29(14-12-28)21(30)5-4-10-25-23(31)18-6-8-19(24)9-7-18/h6-9,15-16H,4-5,10-14H2,1-3H3,(H,25,31). The first-order chi connectivity index (χ1) is 14.8. The molecule has 166 valence electrons. The van der Waals surface area contributed by atoms with Gasteiger partial charge < -0.3 is 15.1 Å². The number of piperazine rings is 1. The Labute approximate surface area is 182 Å². The van der Waals surface area contributed by atoms with Gasteiger partial charge in [0.15, 0.2) is 0 Å². The van der Waals surface area contributed by atoms with Gasteiger partial charge >= 0.3 is 0 Å². The Morgan fingerprint density at radius 2 is 1.77 bits per heavy atom. The average molecular weight is 428 g/mol. The number of aromatic nitrogens is 2. The molecule has 0 saturated carbocycles. The molecule has 31 heavy (non-hydrogen) atoms. The van der Waals surface area contributed by atoms with Crippen LogP contribution >= 0.6 is 0 Å². The lowest BCUT2D eigenvalue weighted by Gasteiger charge is -2.35. The highest BCUT2D eigenvalue weighted by molar-refractivity contribution is 5.94. The van der Waals surface area contributed by atoms with Crippen molar-refractivity contribution in [2.75, 3.05) is 37.6 Å². The van der Waals surface area contributed by atoms with E-state index in [1.807, 2.05) is 17.9 Å². The molecule has 2 aromatic rings. The zero-order valence-corrected chi connectivity index (χ0v) is 18.4. The fourth-order valence-corrected chi connectivity index (χ4v) is 3.48. The lowest BCUT2D eigenvalue weighted by atomic mass is 10.2. The Bertz CT molecular complexity index is 909. The summed E-state index contributed by atoms with van der Waals surface area (Å²) in [5.41, 5.74) is 1.36. The first kappa shape index (κ1) is 22.7. The number of amides is 2. The number of nitrogens with zero attached hydrogens (tertiary/aromatic N) is 4. The first-order valence-electron chi connectivity index (χ1n) is 10.8. The van der Waals surface area contributed by atoms with Gasteiger partial charge in [-0.1, -0.05) is 13.8 Å². The first-order valence-corrected chi connectivity index (χ1v) is 10.8. The molecular formula is C23H30FN5O2. The molecule has 0 spiro atoms. The molecule has 1 aliphatic heterocycles. The van der Waals surface area contributed by atoms with E-state index in [0.29, 0.717) is 38.0 Å². The van der Waals surface area contributed by atoms with Gasteiger partial charge in [0, 0.05) is 62.4 Å². The van der Waals surface area contributed by atoms with Crippen LogP contribution in [0.15, 0.2) is 30.3 Å². The number of nitrogens with one attached hydrogen (secondary N) is 1. The third-order valence-electron chi connectivity index (χ3n) is 5.29. The minimum Gasteiger partial charge on any atom is -0.353 e. The summed E-state index contributed by atoms with van der Waals surface area (Å²) < 4.78 is 12.9. The minimum atomic E-state index is -0.377. The molecule has 7 nitrogen and oxygen atoms in total. The molecule has 1 aromatic carbocycles. The number of hydrogen-bond acceptors (Lipinski definition) is 5. The Morgan fingerprint density at radius 3 is 2.42 bits per heavy atom. The molecule has 2 heterocycles. The van der Waals surface area contributed by atoms with Crippen molar-refractivity contribution >= 4 is 17.6 Å². The van der Waals surface area contributed by atoms with E-state index in [-0.39, 0.29) is 23.5 Å². The maximum absolute atomic E-state index is 12.9. The fourth-order valence-electron chi connectivity index (χ4n) is 3.48. The molecule has 0 radical (unpaired) electrons. The van der Waals surface area contributed by atoms with E-state index in [2.05, 4.69) is 34.0 Å². The number of rotatable bonds is 7. The number of carbonyl (C=O) groups is 2. The third kappa shape index (κ3) is 6.23. The van der Waals surface area contributed by atoms with Gasteiger partial charge in [0.2, 0.25) is 5.91 Å². The van der Waals surface area contributed by atoms with Crippen molar-refractivity contribution in [3.05, 3.63) is 53.2 Å². The summed E-state index contributed by atoms with van der Waals surface area (Å²) in [4.78, 5) is 37.8. The van der Waals surface area contributed by atoms with Crippen molar-refractivity contribution in [1.82, 2.24) is 20.2 Å². The van der Waals surface area contributed by atoms with Crippen LogP contribution in [0.25, 0.3) is 0 Å². The second kappa shape index (κ2) is 10.3. The Morgan fingerprint density at radius 1 is 1.10 bits per heavy atom. The van der Waals surface area contributed by atoms with Crippen LogP contribution < -0.4 is 10.2 Å². The zero-order valence-electron chi connectivity index (χ0n) is 18.4. The monoisotopic (exact) mass is 427 g/mol. The lowest BCUT2D eigenvalue weighted by molar-refractivity contribution is -0.131. The summed E-state index contributed by atoms with van der Waals surface area (Å²) in [5, 5.41) is 2.77. The third-order valence-corrected chi connectivity index (χ3v) is 5.29. The molecule has 0 aliphatic carbocycles. The molecule has 3 rings (SSSR count).